The smallest absolute Gasteiger partial charge is 0.394 e. The highest BCUT2D eigenvalue weighted by molar-refractivity contribution is 7.99. The third kappa shape index (κ3) is 2.54. The van der Waals surface area contributed by atoms with Crippen molar-refractivity contribution in [1.82, 2.24) is 4.90 Å². The van der Waals surface area contributed by atoms with Gasteiger partial charge in [-0.1, -0.05) is 0 Å². The van der Waals surface area contributed by atoms with Crippen molar-refractivity contribution in [2.75, 3.05) is 24.7 Å². The molecule has 0 aromatic heterocycles. The zero-order valence-electron chi connectivity index (χ0n) is 7.25. The standard InChI is InChI=1S/C7H10F3NO2S/c8-7(9,10)6(13)11-1-2-14-4-5(11)3-12/h5,12H,1-4H2. The lowest BCUT2D eigenvalue weighted by atomic mass is 10.3. The molecule has 7 heteroatoms. The molecule has 1 atom stereocenters. The Labute approximate surface area is 83.3 Å². The van der Waals surface area contributed by atoms with Crippen LogP contribution >= 0.6 is 11.8 Å². The van der Waals surface area contributed by atoms with Gasteiger partial charge < -0.3 is 10.0 Å². The van der Waals surface area contributed by atoms with Gasteiger partial charge in [-0.3, -0.25) is 4.79 Å². The first kappa shape index (κ1) is 11.6. The number of aliphatic hydroxyl groups excluding tert-OH is 1. The molecule has 0 aliphatic carbocycles. The molecule has 1 amide bonds. The molecule has 1 fully saturated rings. The fraction of sp³-hybridized carbons (Fsp3) is 0.857. The predicted octanol–water partition coefficient (Wildman–Crippen LogP) is 0.485. The highest BCUT2D eigenvalue weighted by Crippen LogP contribution is 2.24. The second kappa shape index (κ2) is 4.39. The van der Waals surface area contributed by atoms with Gasteiger partial charge in [-0.25, -0.2) is 0 Å². The van der Waals surface area contributed by atoms with Gasteiger partial charge in [0.15, 0.2) is 0 Å². The third-order valence-corrected chi connectivity index (χ3v) is 3.03. The van der Waals surface area contributed by atoms with Gasteiger partial charge in [0.1, 0.15) is 0 Å². The lowest BCUT2D eigenvalue weighted by Crippen LogP contribution is -2.52. The topological polar surface area (TPSA) is 40.5 Å². The van der Waals surface area contributed by atoms with E-state index in [1.165, 1.54) is 11.8 Å². The molecule has 1 aliphatic rings. The van der Waals surface area contributed by atoms with Crippen LogP contribution in [0.25, 0.3) is 0 Å². The maximum atomic E-state index is 12.1. The highest BCUT2D eigenvalue weighted by Gasteiger charge is 2.45. The number of amides is 1. The molecule has 1 heterocycles. The van der Waals surface area contributed by atoms with Crippen LogP contribution in [0.3, 0.4) is 0 Å². The summed E-state index contributed by atoms with van der Waals surface area (Å²) in [6, 6.07) is -0.706. The molecule has 1 aliphatic heterocycles. The van der Waals surface area contributed by atoms with Gasteiger partial charge >= 0.3 is 12.1 Å². The number of halogens is 3. The molecule has 1 saturated heterocycles. The first-order valence-corrected chi connectivity index (χ1v) is 5.18. The molecule has 1 unspecified atom stereocenters. The number of nitrogens with zero attached hydrogens (tertiary/aromatic N) is 1. The molecule has 0 spiro atoms. The zero-order chi connectivity index (χ0) is 10.8. The molecule has 0 aromatic rings. The van der Waals surface area contributed by atoms with Gasteiger partial charge in [-0.05, 0) is 0 Å². The average Bonchev–Trinajstić information content (AvgIpc) is 2.15. The molecule has 0 aromatic carbocycles. The van der Waals surface area contributed by atoms with E-state index in [0.29, 0.717) is 16.4 Å². The third-order valence-electron chi connectivity index (χ3n) is 1.94. The number of carbonyl (C=O) groups excluding carboxylic acids is 1. The molecule has 0 bridgehead atoms. The number of alkyl halides is 3. The van der Waals surface area contributed by atoms with E-state index in [4.69, 9.17) is 5.11 Å². The van der Waals surface area contributed by atoms with E-state index in [1.54, 1.807) is 0 Å². The van der Waals surface area contributed by atoms with Gasteiger partial charge in [0.2, 0.25) is 0 Å². The zero-order valence-corrected chi connectivity index (χ0v) is 8.07. The Morgan fingerprint density at radius 1 is 1.57 bits per heavy atom. The summed E-state index contributed by atoms with van der Waals surface area (Å²) in [5, 5.41) is 8.80. The molecular weight excluding hydrogens is 219 g/mol. The quantitative estimate of drug-likeness (QED) is 0.711. The fourth-order valence-electron chi connectivity index (χ4n) is 1.24. The minimum atomic E-state index is -4.84. The van der Waals surface area contributed by atoms with E-state index in [0.717, 1.165) is 0 Å². The summed E-state index contributed by atoms with van der Waals surface area (Å²) in [5.74, 6) is -1.01. The number of hydrogen-bond acceptors (Lipinski definition) is 3. The average molecular weight is 229 g/mol. The van der Waals surface area contributed by atoms with Crippen molar-refractivity contribution in [2.45, 2.75) is 12.2 Å². The van der Waals surface area contributed by atoms with Crippen LogP contribution in [0.4, 0.5) is 13.2 Å². The summed E-state index contributed by atoms with van der Waals surface area (Å²) >= 11 is 1.44. The summed E-state index contributed by atoms with van der Waals surface area (Å²) in [5.41, 5.74) is 0. The van der Waals surface area contributed by atoms with Crippen molar-refractivity contribution < 1.29 is 23.1 Å². The van der Waals surface area contributed by atoms with Crippen molar-refractivity contribution in [3.63, 3.8) is 0 Å². The van der Waals surface area contributed by atoms with Crippen LogP contribution in [0.1, 0.15) is 0 Å². The van der Waals surface area contributed by atoms with E-state index in [2.05, 4.69) is 0 Å². The van der Waals surface area contributed by atoms with E-state index in [9.17, 15) is 18.0 Å². The summed E-state index contributed by atoms with van der Waals surface area (Å²) in [7, 11) is 0. The SMILES string of the molecule is O=C(N1CCSCC1CO)C(F)(F)F. The largest absolute Gasteiger partial charge is 0.471 e. The lowest BCUT2D eigenvalue weighted by Gasteiger charge is -2.34. The minimum absolute atomic E-state index is 0.0498. The van der Waals surface area contributed by atoms with Gasteiger partial charge in [0.05, 0.1) is 12.6 Å². The first-order valence-electron chi connectivity index (χ1n) is 4.03. The monoisotopic (exact) mass is 229 g/mol. The number of rotatable bonds is 1. The molecule has 14 heavy (non-hydrogen) atoms. The maximum absolute atomic E-state index is 12.1. The van der Waals surface area contributed by atoms with Crippen LogP contribution < -0.4 is 0 Å². The molecule has 0 saturated carbocycles. The number of carbonyl (C=O) groups is 1. The van der Waals surface area contributed by atoms with Gasteiger partial charge in [-0.2, -0.15) is 24.9 Å². The van der Waals surface area contributed by atoms with Gasteiger partial charge in [-0.15, -0.1) is 0 Å². The molecular formula is C7H10F3NO2S. The predicted molar refractivity (Wildman–Crippen MR) is 46.0 cm³/mol. The number of aliphatic hydroxyl groups is 1. The fourth-order valence-corrected chi connectivity index (χ4v) is 2.29. The number of thioether (sulfide) groups is 1. The summed E-state index contributed by atoms with van der Waals surface area (Å²) in [6.07, 6.45) is -4.84. The van der Waals surface area contributed by atoms with Crippen molar-refractivity contribution in [3.05, 3.63) is 0 Å². The summed E-state index contributed by atoms with van der Waals surface area (Å²) < 4.78 is 36.2. The van der Waals surface area contributed by atoms with Crippen molar-refractivity contribution >= 4 is 17.7 Å². The summed E-state index contributed by atoms with van der Waals surface area (Å²) in [4.78, 5) is 11.6. The maximum Gasteiger partial charge on any atom is 0.471 e. The normalized spacial score (nSPS) is 23.7. The van der Waals surface area contributed by atoms with E-state index in [-0.39, 0.29) is 6.54 Å². The van der Waals surface area contributed by atoms with Gasteiger partial charge in [0.25, 0.3) is 0 Å². The lowest BCUT2D eigenvalue weighted by molar-refractivity contribution is -0.188. The second-order valence-electron chi connectivity index (χ2n) is 2.91. The van der Waals surface area contributed by atoms with Crippen LogP contribution in [0.2, 0.25) is 0 Å². The highest BCUT2D eigenvalue weighted by atomic mass is 32.2. The minimum Gasteiger partial charge on any atom is -0.394 e. The summed E-state index contributed by atoms with van der Waals surface area (Å²) in [6.45, 7) is -0.372. The Bertz CT molecular complexity index is 221. The van der Waals surface area contributed by atoms with Gasteiger partial charge in [0, 0.05) is 18.1 Å². The Morgan fingerprint density at radius 2 is 2.21 bits per heavy atom. The Kier molecular flexibility index (Phi) is 3.65. The van der Waals surface area contributed by atoms with E-state index >= 15 is 0 Å². The Morgan fingerprint density at radius 3 is 2.71 bits per heavy atom. The molecule has 82 valence electrons. The molecule has 1 rings (SSSR count). The molecule has 0 radical (unpaired) electrons. The number of hydrogen-bond donors (Lipinski definition) is 1. The van der Waals surface area contributed by atoms with E-state index in [1.807, 2.05) is 0 Å². The molecule has 3 nitrogen and oxygen atoms in total. The first-order chi connectivity index (χ1) is 6.46. The van der Waals surface area contributed by atoms with Crippen LogP contribution in [0.5, 0.6) is 0 Å². The van der Waals surface area contributed by atoms with E-state index < -0.39 is 24.7 Å². The van der Waals surface area contributed by atoms with Crippen molar-refractivity contribution in [2.24, 2.45) is 0 Å². The van der Waals surface area contributed by atoms with Crippen LogP contribution in [-0.2, 0) is 4.79 Å². The van der Waals surface area contributed by atoms with Crippen LogP contribution in [0.15, 0.2) is 0 Å². The Hall–Kier alpha value is -0.430. The van der Waals surface area contributed by atoms with Crippen LogP contribution in [-0.4, -0.2) is 52.8 Å². The Balaban J connectivity index is 2.69. The van der Waals surface area contributed by atoms with Crippen LogP contribution in [0, 0.1) is 0 Å². The van der Waals surface area contributed by atoms with Crippen molar-refractivity contribution in [1.29, 1.82) is 0 Å². The van der Waals surface area contributed by atoms with Crippen molar-refractivity contribution in [3.8, 4) is 0 Å². The second-order valence-corrected chi connectivity index (χ2v) is 4.06. The molecule has 1 N–H and O–H groups in total.